The van der Waals surface area contributed by atoms with Gasteiger partial charge in [-0.3, -0.25) is 9.59 Å². The summed E-state index contributed by atoms with van der Waals surface area (Å²) in [4.78, 5) is 24.8. The van der Waals surface area contributed by atoms with Gasteiger partial charge in [0, 0.05) is 17.0 Å². The Kier molecular flexibility index (Phi) is 4.72. The van der Waals surface area contributed by atoms with Crippen LogP contribution in [0.3, 0.4) is 0 Å². The van der Waals surface area contributed by atoms with Crippen molar-refractivity contribution in [1.82, 2.24) is 15.1 Å². The van der Waals surface area contributed by atoms with Crippen molar-refractivity contribution in [3.63, 3.8) is 0 Å². The number of fused-ring (bicyclic) bond motifs is 1. The van der Waals surface area contributed by atoms with Gasteiger partial charge in [0.1, 0.15) is 22.9 Å². The Morgan fingerprint density at radius 3 is 2.55 bits per heavy atom. The van der Waals surface area contributed by atoms with Gasteiger partial charge >= 0.3 is 0 Å². The number of benzene rings is 2. The van der Waals surface area contributed by atoms with Gasteiger partial charge in [0.25, 0.3) is 11.5 Å². The lowest BCUT2D eigenvalue weighted by atomic mass is 10.1. The average Bonchev–Trinajstić information content (AvgIpc) is 3.06. The van der Waals surface area contributed by atoms with Gasteiger partial charge in [-0.25, -0.2) is 4.39 Å². The zero-order valence-electron chi connectivity index (χ0n) is 15.8. The van der Waals surface area contributed by atoms with Crippen molar-refractivity contribution in [2.24, 2.45) is 0 Å². The van der Waals surface area contributed by atoms with Crippen LogP contribution in [-0.4, -0.2) is 15.7 Å². The van der Waals surface area contributed by atoms with E-state index in [1.165, 1.54) is 36.4 Å². The number of furan rings is 1. The van der Waals surface area contributed by atoms with Gasteiger partial charge in [0.15, 0.2) is 0 Å². The van der Waals surface area contributed by atoms with E-state index in [4.69, 9.17) is 4.42 Å². The molecule has 1 N–H and O–H groups in total. The molecule has 0 saturated carbocycles. The van der Waals surface area contributed by atoms with Gasteiger partial charge in [-0.1, -0.05) is 18.2 Å². The molecular weight excluding hydrogens is 373 g/mol. The van der Waals surface area contributed by atoms with Crippen molar-refractivity contribution in [2.75, 3.05) is 0 Å². The van der Waals surface area contributed by atoms with Crippen molar-refractivity contribution in [1.29, 1.82) is 0 Å². The largest absolute Gasteiger partial charge is 0.459 e. The summed E-state index contributed by atoms with van der Waals surface area (Å²) >= 11 is 0. The number of carbonyl (C=O) groups is 1. The van der Waals surface area contributed by atoms with Crippen molar-refractivity contribution >= 4 is 16.9 Å². The molecule has 6 nitrogen and oxygen atoms in total. The summed E-state index contributed by atoms with van der Waals surface area (Å²) in [6.45, 7) is 3.76. The molecule has 0 bridgehead atoms. The fraction of sp³-hybridized carbons (Fsp3) is 0.136. The Hall–Kier alpha value is -3.74. The molecule has 1 unspecified atom stereocenters. The number of hydrogen-bond donors (Lipinski definition) is 1. The van der Waals surface area contributed by atoms with Gasteiger partial charge in [-0.2, -0.15) is 9.78 Å². The summed E-state index contributed by atoms with van der Waals surface area (Å²) in [6, 6.07) is 15.2. The molecule has 146 valence electrons. The Labute approximate surface area is 165 Å². The molecule has 0 fully saturated rings. The molecule has 2 aromatic heterocycles. The topological polar surface area (TPSA) is 77.1 Å². The van der Waals surface area contributed by atoms with Crippen molar-refractivity contribution < 1.29 is 13.6 Å². The fourth-order valence-electron chi connectivity index (χ4n) is 3.24. The van der Waals surface area contributed by atoms with E-state index in [0.717, 1.165) is 21.2 Å². The number of hydrogen-bond acceptors (Lipinski definition) is 4. The van der Waals surface area contributed by atoms with Crippen molar-refractivity contribution in [2.45, 2.75) is 19.9 Å². The standard InChI is InChI=1S/C22H18FN3O3/c1-13-17-5-3-4-6-19(17)29-21(13)14(2)24-22(28)18-11-12-20(27)26(25-18)16-9-7-15(23)8-10-16/h3-12,14H,1-2H3,(H,24,28). The first-order valence-corrected chi connectivity index (χ1v) is 9.09. The molecule has 7 heteroatoms. The molecule has 0 radical (unpaired) electrons. The van der Waals surface area contributed by atoms with Crippen LogP contribution in [-0.2, 0) is 0 Å². The van der Waals surface area contributed by atoms with Crippen LogP contribution >= 0.6 is 0 Å². The molecular formula is C22H18FN3O3. The number of aromatic nitrogens is 2. The van der Waals surface area contributed by atoms with E-state index >= 15 is 0 Å². The second kappa shape index (κ2) is 7.35. The molecule has 1 atom stereocenters. The van der Waals surface area contributed by atoms with Crippen LogP contribution in [0.4, 0.5) is 4.39 Å². The number of nitrogens with zero attached hydrogens (tertiary/aromatic N) is 2. The highest BCUT2D eigenvalue weighted by atomic mass is 19.1. The lowest BCUT2D eigenvalue weighted by molar-refractivity contribution is 0.0928. The number of carbonyl (C=O) groups excluding carboxylic acids is 1. The Bertz CT molecular complexity index is 1260. The first kappa shape index (κ1) is 18.6. The predicted molar refractivity (Wildman–Crippen MR) is 107 cm³/mol. The van der Waals surface area contributed by atoms with Crippen LogP contribution in [0, 0.1) is 12.7 Å². The van der Waals surface area contributed by atoms with Gasteiger partial charge < -0.3 is 9.73 Å². The number of para-hydroxylation sites is 1. The minimum absolute atomic E-state index is 0.0644. The SMILES string of the molecule is Cc1c(C(C)NC(=O)c2ccc(=O)n(-c3ccc(F)cc3)n2)oc2ccccc12. The summed E-state index contributed by atoms with van der Waals surface area (Å²) < 4.78 is 20.1. The molecule has 4 rings (SSSR count). The zero-order valence-corrected chi connectivity index (χ0v) is 15.8. The van der Waals surface area contributed by atoms with E-state index in [2.05, 4.69) is 10.4 Å². The number of nitrogens with one attached hydrogen (secondary N) is 1. The summed E-state index contributed by atoms with van der Waals surface area (Å²) in [6.07, 6.45) is 0. The maximum Gasteiger partial charge on any atom is 0.272 e. The lowest BCUT2D eigenvalue weighted by Gasteiger charge is -2.13. The van der Waals surface area contributed by atoms with E-state index in [1.54, 1.807) is 0 Å². The van der Waals surface area contributed by atoms with E-state index < -0.39 is 23.3 Å². The minimum atomic E-state index is -0.451. The third-order valence-electron chi connectivity index (χ3n) is 4.73. The van der Waals surface area contributed by atoms with Gasteiger partial charge in [-0.15, -0.1) is 0 Å². The second-order valence-electron chi connectivity index (χ2n) is 6.73. The first-order chi connectivity index (χ1) is 13.9. The molecule has 0 spiro atoms. The Balaban J connectivity index is 1.61. The van der Waals surface area contributed by atoms with Crippen LogP contribution in [0.25, 0.3) is 16.7 Å². The summed E-state index contributed by atoms with van der Waals surface area (Å²) in [5.74, 6) is -0.217. The Morgan fingerprint density at radius 1 is 1.10 bits per heavy atom. The number of halogens is 1. The predicted octanol–water partition coefficient (Wildman–Crippen LogP) is 3.92. The van der Waals surface area contributed by atoms with Crippen LogP contribution < -0.4 is 10.9 Å². The maximum absolute atomic E-state index is 13.1. The molecule has 4 aromatic rings. The first-order valence-electron chi connectivity index (χ1n) is 9.09. The number of rotatable bonds is 4. The van der Waals surface area contributed by atoms with Crippen LogP contribution in [0.1, 0.15) is 34.8 Å². The summed E-state index contributed by atoms with van der Waals surface area (Å²) in [7, 11) is 0. The van der Waals surface area contributed by atoms with E-state index in [1.807, 2.05) is 38.1 Å². The second-order valence-corrected chi connectivity index (χ2v) is 6.73. The highest BCUT2D eigenvalue weighted by Crippen LogP contribution is 2.29. The summed E-state index contributed by atoms with van der Waals surface area (Å²) in [5, 5.41) is 7.97. The zero-order chi connectivity index (χ0) is 20.5. The Morgan fingerprint density at radius 2 is 1.83 bits per heavy atom. The molecule has 0 aliphatic rings. The van der Waals surface area contributed by atoms with Crippen LogP contribution in [0.15, 0.2) is 69.9 Å². The smallest absolute Gasteiger partial charge is 0.272 e. The lowest BCUT2D eigenvalue weighted by Crippen LogP contribution is -2.30. The van der Waals surface area contributed by atoms with E-state index in [0.29, 0.717) is 11.4 Å². The fourth-order valence-corrected chi connectivity index (χ4v) is 3.24. The van der Waals surface area contributed by atoms with Crippen molar-refractivity contribution in [3.8, 4) is 5.69 Å². The molecule has 2 aromatic carbocycles. The molecule has 1 amide bonds. The summed E-state index contributed by atoms with van der Waals surface area (Å²) in [5.41, 5.74) is 1.72. The third-order valence-corrected chi connectivity index (χ3v) is 4.73. The normalized spacial score (nSPS) is 12.1. The molecule has 0 aliphatic heterocycles. The van der Waals surface area contributed by atoms with Gasteiger partial charge in [0.05, 0.1) is 11.7 Å². The molecule has 29 heavy (non-hydrogen) atoms. The third kappa shape index (κ3) is 3.54. The van der Waals surface area contributed by atoms with Gasteiger partial charge in [0.2, 0.25) is 0 Å². The van der Waals surface area contributed by atoms with Crippen LogP contribution in [0.2, 0.25) is 0 Å². The van der Waals surface area contributed by atoms with E-state index in [9.17, 15) is 14.0 Å². The number of amides is 1. The number of aryl methyl sites for hydroxylation is 1. The van der Waals surface area contributed by atoms with Crippen LogP contribution in [0.5, 0.6) is 0 Å². The maximum atomic E-state index is 13.1. The van der Waals surface area contributed by atoms with Gasteiger partial charge in [-0.05, 0) is 50.2 Å². The highest BCUT2D eigenvalue weighted by molar-refractivity contribution is 5.92. The molecule has 0 aliphatic carbocycles. The molecule has 2 heterocycles. The monoisotopic (exact) mass is 391 g/mol. The average molecular weight is 391 g/mol. The highest BCUT2D eigenvalue weighted by Gasteiger charge is 2.20. The minimum Gasteiger partial charge on any atom is -0.459 e. The quantitative estimate of drug-likeness (QED) is 0.572. The molecule has 0 saturated heterocycles. The van der Waals surface area contributed by atoms with Crippen molar-refractivity contribution in [3.05, 3.63) is 93.9 Å². The van der Waals surface area contributed by atoms with E-state index in [-0.39, 0.29) is 5.69 Å².